The van der Waals surface area contributed by atoms with Gasteiger partial charge < -0.3 is 10.2 Å². The second-order valence-corrected chi connectivity index (χ2v) is 8.89. The van der Waals surface area contributed by atoms with E-state index in [1.165, 1.54) is 27.7 Å². The van der Waals surface area contributed by atoms with E-state index in [0.717, 1.165) is 23.1 Å². The number of benzene rings is 2. The van der Waals surface area contributed by atoms with Gasteiger partial charge in [0.25, 0.3) is 0 Å². The fourth-order valence-electron chi connectivity index (χ4n) is 3.36. The van der Waals surface area contributed by atoms with Gasteiger partial charge in [0, 0.05) is 11.1 Å². The summed E-state index contributed by atoms with van der Waals surface area (Å²) in [5, 5.41) is 19.8. The zero-order valence-corrected chi connectivity index (χ0v) is 18.7. The highest BCUT2D eigenvalue weighted by molar-refractivity contribution is 6.02. The molecule has 0 amide bonds. The van der Waals surface area contributed by atoms with Gasteiger partial charge in [0.1, 0.15) is 11.2 Å². The van der Waals surface area contributed by atoms with Crippen LogP contribution in [-0.2, 0) is 0 Å². The van der Waals surface area contributed by atoms with Crippen LogP contribution >= 0.6 is 0 Å². The lowest BCUT2D eigenvalue weighted by atomic mass is 9.88. The van der Waals surface area contributed by atoms with Crippen LogP contribution in [-0.4, -0.2) is 33.0 Å². The summed E-state index contributed by atoms with van der Waals surface area (Å²) >= 11 is 0. The first-order valence-electron chi connectivity index (χ1n) is 10.2. The first-order valence-corrected chi connectivity index (χ1v) is 10.2. The van der Waals surface area contributed by atoms with Crippen molar-refractivity contribution in [3.63, 3.8) is 0 Å². The van der Waals surface area contributed by atoms with E-state index < -0.39 is 11.2 Å². The lowest BCUT2D eigenvalue weighted by molar-refractivity contribution is 0.0487. The summed E-state index contributed by atoms with van der Waals surface area (Å²) in [7, 11) is 0. The molecule has 0 spiro atoms. The number of allylic oxidation sites excluding steroid dienone is 2. The highest BCUT2D eigenvalue weighted by atomic mass is 16.3. The van der Waals surface area contributed by atoms with Crippen molar-refractivity contribution in [3.8, 4) is 0 Å². The van der Waals surface area contributed by atoms with E-state index in [4.69, 9.17) is 0 Å². The molecule has 160 valence electrons. The first kappa shape index (κ1) is 23.7. The number of hydrogen-bond donors (Lipinski definition) is 2. The summed E-state index contributed by atoms with van der Waals surface area (Å²) in [5.41, 5.74) is 1.50. The van der Waals surface area contributed by atoms with Crippen molar-refractivity contribution in [2.75, 3.05) is 0 Å². The number of carbonyl (C=O) groups excluding carboxylic acids is 2. The van der Waals surface area contributed by atoms with Crippen molar-refractivity contribution < 1.29 is 19.8 Å². The molecule has 0 saturated heterocycles. The van der Waals surface area contributed by atoms with E-state index in [1.807, 2.05) is 31.2 Å². The summed E-state index contributed by atoms with van der Waals surface area (Å²) in [6.45, 7) is 10.1. The maximum absolute atomic E-state index is 12.2. The lowest BCUT2D eigenvalue weighted by Gasteiger charge is -2.18. The predicted octanol–water partition coefficient (Wildman–Crippen LogP) is 5.19. The van der Waals surface area contributed by atoms with Gasteiger partial charge in [0.15, 0.2) is 11.6 Å². The summed E-state index contributed by atoms with van der Waals surface area (Å²) < 4.78 is 0. The van der Waals surface area contributed by atoms with Crippen LogP contribution in [0.25, 0.3) is 5.57 Å². The molecule has 0 aromatic heterocycles. The van der Waals surface area contributed by atoms with Crippen LogP contribution in [0.2, 0.25) is 0 Å². The van der Waals surface area contributed by atoms with Gasteiger partial charge in [-0.15, -0.1) is 0 Å². The Hall–Kier alpha value is -2.56. The largest absolute Gasteiger partial charge is 0.382 e. The third-order valence-corrected chi connectivity index (χ3v) is 5.25. The fraction of sp³-hybridized carbons (Fsp3) is 0.385. The minimum Gasteiger partial charge on any atom is -0.382 e. The Balaban J connectivity index is 2.14. The maximum atomic E-state index is 12.2. The van der Waals surface area contributed by atoms with Crippen LogP contribution in [0.3, 0.4) is 0 Å². The summed E-state index contributed by atoms with van der Waals surface area (Å²) in [6.07, 6.45) is 2.86. The highest BCUT2D eigenvalue weighted by Crippen LogP contribution is 2.30. The molecule has 0 aliphatic heterocycles. The number of ketones is 2. The zero-order valence-electron chi connectivity index (χ0n) is 18.7. The predicted molar refractivity (Wildman–Crippen MR) is 121 cm³/mol. The van der Waals surface area contributed by atoms with Crippen molar-refractivity contribution in [2.45, 2.75) is 65.1 Å². The third-order valence-electron chi connectivity index (χ3n) is 5.25. The molecular formula is C26H32O4. The Bertz CT molecular complexity index is 921. The van der Waals surface area contributed by atoms with Crippen LogP contribution in [0.15, 0.2) is 54.6 Å². The van der Waals surface area contributed by atoms with Gasteiger partial charge in [0.2, 0.25) is 0 Å². The van der Waals surface area contributed by atoms with Crippen LogP contribution < -0.4 is 0 Å². The minimum atomic E-state index is -1.39. The molecule has 2 aromatic rings. The average molecular weight is 409 g/mol. The van der Waals surface area contributed by atoms with Crippen molar-refractivity contribution in [3.05, 3.63) is 76.9 Å². The standard InChI is InChI=1S/C26H32O4/c1-7-18(20-10-14-22(15-11-20)24(28)26(5,6)30)16-17(2)19-8-12-21(13-9-19)23(27)25(3,4)29/h7-15,17,29-30H,16H2,1-6H3/b18-7+. The quantitative estimate of drug-likeness (QED) is 0.590. The summed E-state index contributed by atoms with van der Waals surface area (Å²) in [6, 6.07) is 14.7. The number of aliphatic hydroxyl groups is 2. The SMILES string of the molecule is C/C=C(\CC(C)c1ccc(C(=O)C(C)(C)O)cc1)c1ccc(C(=O)C(C)(C)O)cc1. The highest BCUT2D eigenvalue weighted by Gasteiger charge is 2.26. The second kappa shape index (κ2) is 9.07. The molecule has 0 heterocycles. The molecule has 1 atom stereocenters. The Labute approximate surface area is 179 Å². The number of hydrogen-bond acceptors (Lipinski definition) is 4. The Morgan fingerprint density at radius 1 is 0.800 bits per heavy atom. The van der Waals surface area contributed by atoms with Gasteiger partial charge in [-0.2, -0.15) is 0 Å². The molecule has 2 rings (SSSR count). The molecule has 30 heavy (non-hydrogen) atoms. The fourth-order valence-corrected chi connectivity index (χ4v) is 3.36. The van der Waals surface area contributed by atoms with E-state index >= 15 is 0 Å². The van der Waals surface area contributed by atoms with E-state index in [1.54, 1.807) is 24.3 Å². The first-order chi connectivity index (χ1) is 13.8. The molecule has 0 radical (unpaired) electrons. The molecule has 0 aliphatic rings. The van der Waals surface area contributed by atoms with Crippen LogP contribution in [0.5, 0.6) is 0 Å². The number of rotatable bonds is 8. The second-order valence-electron chi connectivity index (χ2n) is 8.89. The molecule has 0 aliphatic carbocycles. The van der Waals surface area contributed by atoms with E-state index in [-0.39, 0.29) is 17.5 Å². The van der Waals surface area contributed by atoms with Crippen LogP contribution in [0.1, 0.15) is 85.7 Å². The molecule has 1 unspecified atom stereocenters. The zero-order chi connectivity index (χ0) is 22.7. The molecule has 2 aromatic carbocycles. The molecule has 2 N–H and O–H groups in total. The number of Topliss-reactive ketones (excluding diaryl/α,β-unsaturated/α-hetero) is 2. The topological polar surface area (TPSA) is 74.6 Å². The van der Waals surface area contributed by atoms with Gasteiger partial charge in [-0.25, -0.2) is 0 Å². The van der Waals surface area contributed by atoms with Crippen LogP contribution in [0.4, 0.5) is 0 Å². The molecule has 0 saturated carbocycles. The molecule has 0 fully saturated rings. The van der Waals surface area contributed by atoms with Crippen molar-refractivity contribution in [1.29, 1.82) is 0 Å². The molecule has 0 bridgehead atoms. The van der Waals surface area contributed by atoms with Crippen molar-refractivity contribution >= 4 is 17.1 Å². The average Bonchev–Trinajstić information content (AvgIpc) is 2.69. The summed E-state index contributed by atoms with van der Waals surface area (Å²) in [4.78, 5) is 24.4. The normalized spacial score (nSPS) is 13.8. The Kier molecular flexibility index (Phi) is 7.17. The number of carbonyl (C=O) groups is 2. The third kappa shape index (κ3) is 5.74. The van der Waals surface area contributed by atoms with E-state index in [0.29, 0.717) is 11.1 Å². The Morgan fingerprint density at radius 3 is 1.53 bits per heavy atom. The van der Waals surface area contributed by atoms with Crippen molar-refractivity contribution in [1.82, 2.24) is 0 Å². The van der Waals surface area contributed by atoms with Gasteiger partial charge in [0.05, 0.1) is 0 Å². The minimum absolute atomic E-state index is 0.222. The monoisotopic (exact) mass is 408 g/mol. The summed E-state index contributed by atoms with van der Waals surface area (Å²) in [5.74, 6) is -0.373. The molecule has 4 nitrogen and oxygen atoms in total. The lowest BCUT2D eigenvalue weighted by Crippen LogP contribution is -2.31. The smallest absolute Gasteiger partial charge is 0.193 e. The van der Waals surface area contributed by atoms with Crippen molar-refractivity contribution in [2.24, 2.45) is 0 Å². The van der Waals surface area contributed by atoms with Gasteiger partial charge >= 0.3 is 0 Å². The van der Waals surface area contributed by atoms with E-state index in [9.17, 15) is 19.8 Å². The van der Waals surface area contributed by atoms with E-state index in [2.05, 4.69) is 13.0 Å². The van der Waals surface area contributed by atoms with Gasteiger partial charge in [-0.1, -0.05) is 61.5 Å². The molecular weight excluding hydrogens is 376 g/mol. The van der Waals surface area contributed by atoms with Gasteiger partial charge in [-0.3, -0.25) is 9.59 Å². The molecule has 4 heteroatoms. The van der Waals surface area contributed by atoms with Gasteiger partial charge in [-0.05, 0) is 63.7 Å². The Morgan fingerprint density at radius 2 is 1.17 bits per heavy atom. The van der Waals surface area contributed by atoms with Crippen LogP contribution in [0, 0.1) is 0 Å². The maximum Gasteiger partial charge on any atom is 0.193 e.